The first-order valence-corrected chi connectivity index (χ1v) is 10.1. The van der Waals surface area contributed by atoms with Crippen molar-refractivity contribution in [2.24, 2.45) is 5.92 Å². The van der Waals surface area contributed by atoms with Crippen LogP contribution in [-0.4, -0.2) is 34.1 Å². The van der Waals surface area contributed by atoms with Gasteiger partial charge in [0.25, 0.3) is 5.56 Å². The second-order valence-electron chi connectivity index (χ2n) is 7.46. The minimum atomic E-state index is -0.436. The number of carbonyl (C=O) groups excluding carboxylic acids is 2. The number of fused-ring (bicyclic) bond motifs is 1. The molecule has 0 aliphatic heterocycles. The second-order valence-corrected chi connectivity index (χ2v) is 8.45. The van der Waals surface area contributed by atoms with Crippen LogP contribution in [0.1, 0.15) is 54.8 Å². The topological polar surface area (TPSA) is 90.3 Å². The smallest absolute Gasteiger partial charge is 0.348 e. The SMILES string of the molecule is Cc1c(C(=O)OCC(C)C)sc2ncn(CC(=O)NC3CCCC3)c(=O)c12. The quantitative estimate of drug-likeness (QED) is 0.765. The van der Waals surface area contributed by atoms with Crippen molar-refractivity contribution >= 4 is 33.4 Å². The highest BCUT2D eigenvalue weighted by molar-refractivity contribution is 7.20. The molecule has 1 saturated carbocycles. The summed E-state index contributed by atoms with van der Waals surface area (Å²) in [6, 6.07) is 0.204. The maximum absolute atomic E-state index is 12.8. The number of aryl methyl sites for hydroxylation is 1. The Morgan fingerprint density at radius 1 is 1.37 bits per heavy atom. The molecule has 0 bridgehead atoms. The summed E-state index contributed by atoms with van der Waals surface area (Å²) < 4.78 is 6.58. The summed E-state index contributed by atoms with van der Waals surface area (Å²) in [4.78, 5) is 42.5. The Hall–Kier alpha value is -2.22. The lowest BCUT2D eigenvalue weighted by molar-refractivity contribution is -0.122. The van der Waals surface area contributed by atoms with Gasteiger partial charge >= 0.3 is 5.97 Å². The van der Waals surface area contributed by atoms with E-state index >= 15 is 0 Å². The number of hydrogen-bond donors (Lipinski definition) is 1. The molecule has 2 heterocycles. The fraction of sp³-hybridized carbons (Fsp3) is 0.579. The molecule has 8 heteroatoms. The molecule has 3 rings (SSSR count). The van der Waals surface area contributed by atoms with Crippen molar-refractivity contribution in [3.63, 3.8) is 0 Å². The Morgan fingerprint density at radius 2 is 2.07 bits per heavy atom. The van der Waals surface area contributed by atoms with Gasteiger partial charge in [-0.3, -0.25) is 14.2 Å². The summed E-state index contributed by atoms with van der Waals surface area (Å²) in [5, 5.41) is 3.35. The van der Waals surface area contributed by atoms with Gasteiger partial charge in [0, 0.05) is 6.04 Å². The van der Waals surface area contributed by atoms with Crippen molar-refractivity contribution < 1.29 is 14.3 Å². The van der Waals surface area contributed by atoms with Crippen molar-refractivity contribution in [2.75, 3.05) is 6.61 Å². The Balaban J connectivity index is 1.81. The highest BCUT2D eigenvalue weighted by Crippen LogP contribution is 2.27. The van der Waals surface area contributed by atoms with Crippen LogP contribution in [0.2, 0.25) is 0 Å². The summed E-state index contributed by atoms with van der Waals surface area (Å²) in [6.07, 6.45) is 5.61. The zero-order chi connectivity index (χ0) is 19.6. The molecule has 0 atom stereocenters. The van der Waals surface area contributed by atoms with E-state index < -0.39 is 5.97 Å². The number of aromatic nitrogens is 2. The van der Waals surface area contributed by atoms with Crippen LogP contribution in [0.25, 0.3) is 10.2 Å². The zero-order valence-corrected chi connectivity index (χ0v) is 16.7. The van der Waals surface area contributed by atoms with Gasteiger partial charge in [-0.25, -0.2) is 9.78 Å². The molecule has 1 aliphatic carbocycles. The highest BCUT2D eigenvalue weighted by Gasteiger charge is 2.22. The molecule has 0 saturated heterocycles. The van der Waals surface area contributed by atoms with Crippen LogP contribution in [0, 0.1) is 12.8 Å². The molecular weight excluding hydrogens is 366 g/mol. The van der Waals surface area contributed by atoms with Crippen LogP contribution >= 0.6 is 11.3 Å². The minimum Gasteiger partial charge on any atom is -0.461 e. The number of nitrogens with zero attached hydrogens (tertiary/aromatic N) is 2. The van der Waals surface area contributed by atoms with Crippen molar-refractivity contribution in [2.45, 2.75) is 59.0 Å². The number of esters is 1. The molecule has 2 aromatic heterocycles. The first-order chi connectivity index (χ1) is 12.9. The van der Waals surface area contributed by atoms with Gasteiger partial charge in [-0.05, 0) is 31.2 Å². The molecule has 1 aliphatic rings. The van der Waals surface area contributed by atoms with Crippen LogP contribution < -0.4 is 10.9 Å². The summed E-state index contributed by atoms with van der Waals surface area (Å²) in [5.74, 6) is -0.388. The van der Waals surface area contributed by atoms with E-state index in [0.29, 0.717) is 27.3 Å². The van der Waals surface area contributed by atoms with Gasteiger partial charge in [-0.2, -0.15) is 0 Å². The zero-order valence-electron chi connectivity index (χ0n) is 15.9. The number of amides is 1. The fourth-order valence-corrected chi connectivity index (χ4v) is 4.31. The number of carbonyl (C=O) groups is 2. The Morgan fingerprint density at radius 3 is 2.74 bits per heavy atom. The van der Waals surface area contributed by atoms with Crippen molar-refractivity contribution in [1.29, 1.82) is 0 Å². The molecular formula is C19H25N3O4S. The molecule has 1 amide bonds. The van der Waals surface area contributed by atoms with E-state index in [4.69, 9.17) is 4.74 Å². The molecule has 0 radical (unpaired) electrons. The van der Waals surface area contributed by atoms with Crippen LogP contribution in [0.3, 0.4) is 0 Å². The number of rotatable bonds is 6. The third-order valence-corrected chi connectivity index (χ3v) is 5.86. The first kappa shape index (κ1) is 19.5. The lowest BCUT2D eigenvalue weighted by atomic mass is 10.2. The van der Waals surface area contributed by atoms with Gasteiger partial charge in [0.05, 0.1) is 18.3 Å². The molecule has 1 N–H and O–H groups in total. The fourth-order valence-electron chi connectivity index (χ4n) is 3.27. The van der Waals surface area contributed by atoms with Gasteiger partial charge in [0.1, 0.15) is 16.3 Å². The van der Waals surface area contributed by atoms with E-state index in [1.807, 2.05) is 13.8 Å². The molecule has 2 aromatic rings. The van der Waals surface area contributed by atoms with Crippen molar-refractivity contribution in [1.82, 2.24) is 14.9 Å². The number of thiophene rings is 1. The average molecular weight is 391 g/mol. The molecule has 0 aromatic carbocycles. The van der Waals surface area contributed by atoms with Crippen LogP contribution in [-0.2, 0) is 16.1 Å². The third-order valence-electron chi connectivity index (χ3n) is 4.68. The summed E-state index contributed by atoms with van der Waals surface area (Å²) in [7, 11) is 0. The van der Waals surface area contributed by atoms with E-state index in [-0.39, 0.29) is 30.0 Å². The second kappa shape index (κ2) is 8.21. The first-order valence-electron chi connectivity index (χ1n) is 9.31. The maximum atomic E-state index is 12.8. The predicted octanol–water partition coefficient (Wildman–Crippen LogP) is 2.64. The summed E-state index contributed by atoms with van der Waals surface area (Å²) in [5.41, 5.74) is 0.255. The normalized spacial score (nSPS) is 14.8. The van der Waals surface area contributed by atoms with Crippen LogP contribution in [0.5, 0.6) is 0 Å². The summed E-state index contributed by atoms with van der Waals surface area (Å²) >= 11 is 1.15. The highest BCUT2D eigenvalue weighted by atomic mass is 32.1. The summed E-state index contributed by atoms with van der Waals surface area (Å²) in [6.45, 7) is 5.90. The predicted molar refractivity (Wildman–Crippen MR) is 104 cm³/mol. The van der Waals surface area contributed by atoms with E-state index in [1.165, 1.54) is 10.9 Å². The van der Waals surface area contributed by atoms with E-state index in [0.717, 1.165) is 37.0 Å². The Kier molecular flexibility index (Phi) is 5.94. The largest absolute Gasteiger partial charge is 0.461 e. The standard InChI is InChI=1S/C19H25N3O4S/c1-11(2)9-26-19(25)16-12(3)15-17(27-16)20-10-22(18(15)24)8-14(23)21-13-6-4-5-7-13/h10-11,13H,4-9H2,1-3H3,(H,21,23). The number of hydrogen-bond acceptors (Lipinski definition) is 6. The Bertz CT molecular complexity index is 910. The molecule has 146 valence electrons. The molecule has 0 spiro atoms. The molecule has 27 heavy (non-hydrogen) atoms. The monoisotopic (exact) mass is 391 g/mol. The average Bonchev–Trinajstić information content (AvgIpc) is 3.23. The van der Waals surface area contributed by atoms with Gasteiger partial charge < -0.3 is 10.1 Å². The van der Waals surface area contributed by atoms with Crippen LogP contribution in [0.4, 0.5) is 0 Å². The van der Waals surface area contributed by atoms with E-state index in [1.54, 1.807) is 6.92 Å². The maximum Gasteiger partial charge on any atom is 0.348 e. The lowest BCUT2D eigenvalue weighted by Crippen LogP contribution is -2.37. The van der Waals surface area contributed by atoms with Crippen molar-refractivity contribution in [3.8, 4) is 0 Å². The van der Waals surface area contributed by atoms with Gasteiger partial charge in [0.2, 0.25) is 5.91 Å². The molecule has 0 unspecified atom stereocenters. The minimum absolute atomic E-state index is 0.0688. The van der Waals surface area contributed by atoms with E-state index in [2.05, 4.69) is 10.3 Å². The third kappa shape index (κ3) is 4.37. The molecule has 1 fully saturated rings. The van der Waals surface area contributed by atoms with Gasteiger partial charge in [-0.15, -0.1) is 11.3 Å². The van der Waals surface area contributed by atoms with Gasteiger partial charge in [-0.1, -0.05) is 26.7 Å². The van der Waals surface area contributed by atoms with Crippen LogP contribution in [0.15, 0.2) is 11.1 Å². The Labute approximate surface area is 161 Å². The van der Waals surface area contributed by atoms with Crippen molar-refractivity contribution in [3.05, 3.63) is 27.1 Å². The number of nitrogens with one attached hydrogen (secondary N) is 1. The molecule has 7 nitrogen and oxygen atoms in total. The van der Waals surface area contributed by atoms with Gasteiger partial charge in [0.15, 0.2) is 0 Å². The number of ether oxygens (including phenoxy) is 1. The van der Waals surface area contributed by atoms with E-state index in [9.17, 15) is 14.4 Å². The lowest BCUT2D eigenvalue weighted by Gasteiger charge is -2.12.